The quantitative estimate of drug-likeness (QED) is 0.621. The van der Waals surface area contributed by atoms with Gasteiger partial charge in [0.1, 0.15) is 0 Å². The van der Waals surface area contributed by atoms with Gasteiger partial charge in [-0.25, -0.2) is 0 Å². The molecule has 0 amide bonds. The number of hydrogen-bond donors (Lipinski definition) is 1. The number of hydrogen-bond acceptors (Lipinski definition) is 2. The summed E-state index contributed by atoms with van der Waals surface area (Å²) in [6, 6.07) is 1.87. The molecule has 0 aromatic rings. The second-order valence-corrected chi connectivity index (χ2v) is 4.62. The van der Waals surface area contributed by atoms with E-state index < -0.39 is 0 Å². The first-order valence-electron chi connectivity index (χ1n) is 5.41. The van der Waals surface area contributed by atoms with E-state index in [-0.39, 0.29) is 0 Å². The van der Waals surface area contributed by atoms with Gasteiger partial charge in [-0.05, 0) is 44.7 Å². The van der Waals surface area contributed by atoms with Gasteiger partial charge in [0.05, 0.1) is 0 Å². The largest absolute Gasteiger partial charge is 0.314 e. The fraction of sp³-hybridized carbons (Fsp3) is 1.00. The smallest absolute Gasteiger partial charge is 0.0120 e. The highest BCUT2D eigenvalue weighted by Gasteiger charge is 2.38. The summed E-state index contributed by atoms with van der Waals surface area (Å²) in [6.07, 6.45) is 5.78. The number of piperidine rings is 1. The molecule has 2 heterocycles. The van der Waals surface area contributed by atoms with E-state index in [1.54, 1.807) is 0 Å². The third kappa shape index (κ3) is 1.17. The van der Waals surface area contributed by atoms with Crippen molar-refractivity contribution in [1.29, 1.82) is 0 Å². The maximum Gasteiger partial charge on any atom is 0.0120 e. The lowest BCUT2D eigenvalue weighted by molar-refractivity contribution is 0.155. The minimum atomic E-state index is 0.875. The zero-order valence-corrected chi connectivity index (χ0v) is 7.63. The average Bonchev–Trinajstić information content (AvgIpc) is 2.84. The summed E-state index contributed by atoms with van der Waals surface area (Å²) in [5, 5.41) is 3.61. The van der Waals surface area contributed by atoms with Crippen molar-refractivity contribution in [1.82, 2.24) is 10.2 Å². The van der Waals surface area contributed by atoms with E-state index in [2.05, 4.69) is 10.2 Å². The molecule has 3 fully saturated rings. The molecular formula is C10H18N2. The lowest BCUT2D eigenvalue weighted by Crippen LogP contribution is -2.45. The molecule has 2 nitrogen and oxygen atoms in total. The van der Waals surface area contributed by atoms with E-state index >= 15 is 0 Å². The van der Waals surface area contributed by atoms with Gasteiger partial charge in [-0.1, -0.05) is 0 Å². The first-order valence-corrected chi connectivity index (χ1v) is 5.41. The lowest BCUT2D eigenvalue weighted by atomic mass is 9.93. The molecule has 68 valence electrons. The Labute approximate surface area is 74.3 Å². The van der Waals surface area contributed by atoms with Gasteiger partial charge in [0.2, 0.25) is 0 Å². The second kappa shape index (κ2) is 2.71. The number of nitrogens with one attached hydrogen (secondary N) is 1. The minimum Gasteiger partial charge on any atom is -0.314 e. The summed E-state index contributed by atoms with van der Waals surface area (Å²) in [5.74, 6) is 0.986. The Kier molecular flexibility index (Phi) is 1.66. The van der Waals surface area contributed by atoms with Crippen LogP contribution in [0.15, 0.2) is 0 Å². The van der Waals surface area contributed by atoms with E-state index in [1.165, 1.54) is 45.3 Å². The van der Waals surface area contributed by atoms with Crippen LogP contribution >= 0.6 is 0 Å². The standard InChI is InChI=1S/C10H18N2/c1-2-9(1)12-6-4-10-8(7-12)3-5-11-10/h8-11H,1-7H2. The van der Waals surface area contributed by atoms with Gasteiger partial charge in [0, 0.05) is 18.6 Å². The SMILES string of the molecule is C1CC2CN(C3CC3)CCC2N1. The fourth-order valence-corrected chi connectivity index (χ4v) is 2.85. The van der Waals surface area contributed by atoms with Crippen molar-refractivity contribution in [3.63, 3.8) is 0 Å². The molecule has 2 unspecified atom stereocenters. The van der Waals surface area contributed by atoms with Crippen LogP contribution in [0.3, 0.4) is 0 Å². The van der Waals surface area contributed by atoms with Crippen molar-refractivity contribution < 1.29 is 0 Å². The Hall–Kier alpha value is -0.0800. The van der Waals surface area contributed by atoms with Crippen LogP contribution in [-0.2, 0) is 0 Å². The highest BCUT2D eigenvalue weighted by Crippen LogP contribution is 2.33. The molecule has 1 aliphatic carbocycles. The maximum atomic E-state index is 3.61. The molecule has 2 aliphatic heterocycles. The summed E-state index contributed by atoms with van der Waals surface area (Å²) < 4.78 is 0. The van der Waals surface area contributed by atoms with Gasteiger partial charge in [0.25, 0.3) is 0 Å². The fourth-order valence-electron chi connectivity index (χ4n) is 2.85. The highest BCUT2D eigenvalue weighted by atomic mass is 15.2. The van der Waals surface area contributed by atoms with Crippen molar-refractivity contribution in [2.45, 2.75) is 37.8 Å². The normalized spacial score (nSPS) is 43.0. The molecular weight excluding hydrogens is 148 g/mol. The minimum absolute atomic E-state index is 0.875. The van der Waals surface area contributed by atoms with E-state index in [9.17, 15) is 0 Å². The van der Waals surface area contributed by atoms with Gasteiger partial charge < -0.3 is 5.32 Å². The molecule has 0 spiro atoms. The number of nitrogens with zero attached hydrogens (tertiary/aromatic N) is 1. The second-order valence-electron chi connectivity index (χ2n) is 4.62. The number of rotatable bonds is 1. The van der Waals surface area contributed by atoms with Crippen LogP contribution in [0, 0.1) is 5.92 Å². The molecule has 1 N–H and O–H groups in total. The highest BCUT2D eigenvalue weighted by molar-refractivity contribution is 4.95. The molecule has 1 saturated carbocycles. The molecule has 0 radical (unpaired) electrons. The molecule has 2 atom stereocenters. The first kappa shape index (κ1) is 7.34. The predicted molar refractivity (Wildman–Crippen MR) is 49.1 cm³/mol. The van der Waals surface area contributed by atoms with Gasteiger partial charge in [0.15, 0.2) is 0 Å². The molecule has 2 heteroatoms. The van der Waals surface area contributed by atoms with E-state index in [0.29, 0.717) is 0 Å². The zero-order chi connectivity index (χ0) is 7.97. The summed E-state index contributed by atoms with van der Waals surface area (Å²) in [4.78, 5) is 2.73. The van der Waals surface area contributed by atoms with Gasteiger partial charge in [-0.2, -0.15) is 0 Å². The molecule has 0 aromatic heterocycles. The molecule has 3 rings (SSSR count). The van der Waals surface area contributed by atoms with Gasteiger partial charge >= 0.3 is 0 Å². The van der Waals surface area contributed by atoms with E-state index in [4.69, 9.17) is 0 Å². The van der Waals surface area contributed by atoms with Gasteiger partial charge in [-0.15, -0.1) is 0 Å². The van der Waals surface area contributed by atoms with Crippen LogP contribution in [0.1, 0.15) is 25.7 Å². The lowest BCUT2D eigenvalue weighted by Gasteiger charge is -2.34. The van der Waals surface area contributed by atoms with E-state index in [0.717, 1.165) is 18.0 Å². The Morgan fingerprint density at radius 3 is 2.83 bits per heavy atom. The number of fused-ring (bicyclic) bond motifs is 1. The van der Waals surface area contributed by atoms with Crippen LogP contribution in [0.2, 0.25) is 0 Å². The molecule has 0 aromatic carbocycles. The van der Waals surface area contributed by atoms with Crippen LogP contribution in [0.5, 0.6) is 0 Å². The zero-order valence-electron chi connectivity index (χ0n) is 7.63. The van der Waals surface area contributed by atoms with Crippen molar-refractivity contribution in [3.8, 4) is 0 Å². The Morgan fingerprint density at radius 1 is 1.08 bits per heavy atom. The molecule has 12 heavy (non-hydrogen) atoms. The Morgan fingerprint density at radius 2 is 2.00 bits per heavy atom. The van der Waals surface area contributed by atoms with Crippen molar-refractivity contribution in [2.75, 3.05) is 19.6 Å². The topological polar surface area (TPSA) is 15.3 Å². The summed E-state index contributed by atoms with van der Waals surface area (Å²) in [7, 11) is 0. The predicted octanol–water partition coefficient (Wildman–Crippen LogP) is 0.833. The van der Waals surface area contributed by atoms with E-state index in [1.807, 2.05) is 0 Å². The summed E-state index contributed by atoms with van der Waals surface area (Å²) >= 11 is 0. The average molecular weight is 166 g/mol. The third-order valence-electron chi connectivity index (χ3n) is 3.75. The Balaban J connectivity index is 1.64. The molecule has 2 saturated heterocycles. The van der Waals surface area contributed by atoms with Crippen molar-refractivity contribution in [3.05, 3.63) is 0 Å². The number of likely N-dealkylation sites (tertiary alicyclic amines) is 1. The third-order valence-corrected chi connectivity index (χ3v) is 3.75. The van der Waals surface area contributed by atoms with Crippen LogP contribution in [-0.4, -0.2) is 36.6 Å². The monoisotopic (exact) mass is 166 g/mol. The Bertz CT molecular complexity index is 177. The molecule has 3 aliphatic rings. The van der Waals surface area contributed by atoms with Crippen LogP contribution in [0.4, 0.5) is 0 Å². The summed E-state index contributed by atoms with van der Waals surface area (Å²) in [5.41, 5.74) is 0. The van der Waals surface area contributed by atoms with Crippen LogP contribution < -0.4 is 5.32 Å². The van der Waals surface area contributed by atoms with Crippen molar-refractivity contribution >= 4 is 0 Å². The molecule has 0 bridgehead atoms. The maximum absolute atomic E-state index is 3.61. The van der Waals surface area contributed by atoms with Crippen molar-refractivity contribution in [2.24, 2.45) is 5.92 Å². The summed E-state index contributed by atoms with van der Waals surface area (Å²) in [6.45, 7) is 4.02. The first-order chi connectivity index (χ1) is 5.93. The van der Waals surface area contributed by atoms with Gasteiger partial charge in [-0.3, -0.25) is 4.90 Å². The van der Waals surface area contributed by atoms with Crippen LogP contribution in [0.25, 0.3) is 0 Å².